The van der Waals surface area contributed by atoms with Gasteiger partial charge in [0.25, 0.3) is 0 Å². The number of aryl methyl sites for hydroxylation is 2. The minimum atomic E-state index is -0.512. The van der Waals surface area contributed by atoms with Crippen molar-refractivity contribution in [2.75, 3.05) is 12.4 Å². The summed E-state index contributed by atoms with van der Waals surface area (Å²) in [7, 11) is 1.31. The normalized spacial score (nSPS) is 9.64. The number of amides is 1. The molecule has 2 N–H and O–H groups in total. The number of hydrogen-bond acceptors (Lipinski definition) is 3. The maximum absolute atomic E-state index is 11.0. The molecule has 4 nitrogen and oxygen atoms in total. The molecular weight excluding hydrogens is 182 g/mol. The van der Waals surface area contributed by atoms with Gasteiger partial charge in [-0.15, -0.1) is 0 Å². The molecule has 0 saturated heterocycles. The van der Waals surface area contributed by atoms with Gasteiger partial charge >= 0.3 is 6.09 Å². The van der Waals surface area contributed by atoms with E-state index in [0.717, 1.165) is 11.1 Å². The Morgan fingerprint density at radius 2 is 1.86 bits per heavy atom. The Morgan fingerprint density at radius 1 is 1.36 bits per heavy atom. The highest BCUT2D eigenvalue weighted by atomic mass is 16.5. The van der Waals surface area contributed by atoms with Crippen molar-refractivity contribution in [2.45, 2.75) is 13.8 Å². The zero-order chi connectivity index (χ0) is 10.7. The summed E-state index contributed by atoms with van der Waals surface area (Å²) in [6.45, 7) is 3.61. The first kappa shape index (κ1) is 10.4. The standard InChI is InChI=1S/C10H13NO3/c1-6-4-8(12)5-7(2)9(6)11-10(13)14-3/h4-5,12H,1-3H3,(H,11,13). The SMILES string of the molecule is COC(=O)Nc1c(C)cc(O)cc1C. The summed E-state index contributed by atoms with van der Waals surface area (Å²) in [5, 5.41) is 11.8. The van der Waals surface area contributed by atoms with Gasteiger partial charge in [0.05, 0.1) is 12.8 Å². The van der Waals surface area contributed by atoms with Gasteiger partial charge in [-0.1, -0.05) is 0 Å². The molecule has 0 fully saturated rings. The van der Waals surface area contributed by atoms with Crippen LogP contribution in [0, 0.1) is 13.8 Å². The van der Waals surface area contributed by atoms with Crippen molar-refractivity contribution in [1.82, 2.24) is 0 Å². The summed E-state index contributed by atoms with van der Waals surface area (Å²) in [5.41, 5.74) is 2.27. The predicted octanol–water partition coefficient (Wildman–Crippen LogP) is 2.19. The number of phenols is 1. The fraction of sp³-hybridized carbons (Fsp3) is 0.300. The zero-order valence-electron chi connectivity index (χ0n) is 8.42. The van der Waals surface area contributed by atoms with Crippen molar-refractivity contribution >= 4 is 11.8 Å². The molecule has 4 heteroatoms. The summed E-state index contributed by atoms with van der Waals surface area (Å²) in [5.74, 6) is 0.190. The maximum Gasteiger partial charge on any atom is 0.411 e. The number of rotatable bonds is 1. The molecule has 0 saturated carbocycles. The van der Waals surface area contributed by atoms with Crippen LogP contribution in [0.25, 0.3) is 0 Å². The molecule has 0 spiro atoms. The third-order valence-electron chi connectivity index (χ3n) is 1.93. The van der Waals surface area contributed by atoms with Crippen LogP contribution in [0.4, 0.5) is 10.5 Å². The Hall–Kier alpha value is -1.71. The van der Waals surface area contributed by atoms with E-state index < -0.39 is 6.09 Å². The van der Waals surface area contributed by atoms with Gasteiger partial charge in [-0.05, 0) is 37.1 Å². The lowest BCUT2D eigenvalue weighted by Crippen LogP contribution is -2.12. The van der Waals surface area contributed by atoms with Crippen LogP contribution in [0.3, 0.4) is 0 Å². The number of benzene rings is 1. The smallest absolute Gasteiger partial charge is 0.411 e. The first-order valence-electron chi connectivity index (χ1n) is 4.19. The average molecular weight is 195 g/mol. The van der Waals surface area contributed by atoms with Gasteiger partial charge in [0.2, 0.25) is 0 Å². The van der Waals surface area contributed by atoms with Crippen molar-refractivity contribution in [3.63, 3.8) is 0 Å². The Morgan fingerprint density at radius 3 is 2.29 bits per heavy atom. The average Bonchev–Trinajstić information content (AvgIpc) is 2.10. The monoisotopic (exact) mass is 195 g/mol. The lowest BCUT2D eigenvalue weighted by molar-refractivity contribution is 0.187. The van der Waals surface area contributed by atoms with E-state index in [2.05, 4.69) is 10.1 Å². The van der Waals surface area contributed by atoms with Gasteiger partial charge < -0.3 is 9.84 Å². The van der Waals surface area contributed by atoms with E-state index in [1.165, 1.54) is 7.11 Å². The Labute approximate surface area is 82.5 Å². The third kappa shape index (κ3) is 2.16. The molecule has 0 aliphatic carbocycles. The van der Waals surface area contributed by atoms with E-state index in [9.17, 15) is 9.90 Å². The number of aromatic hydroxyl groups is 1. The zero-order valence-corrected chi connectivity index (χ0v) is 8.42. The lowest BCUT2D eigenvalue weighted by atomic mass is 10.1. The molecule has 0 radical (unpaired) electrons. The third-order valence-corrected chi connectivity index (χ3v) is 1.93. The Bertz CT molecular complexity index is 337. The largest absolute Gasteiger partial charge is 0.508 e. The molecule has 0 unspecified atom stereocenters. The van der Waals surface area contributed by atoms with Gasteiger partial charge in [-0.2, -0.15) is 0 Å². The molecule has 14 heavy (non-hydrogen) atoms. The van der Waals surface area contributed by atoms with Crippen LogP contribution in [0.1, 0.15) is 11.1 Å². The molecule has 76 valence electrons. The summed E-state index contributed by atoms with van der Waals surface area (Å²) in [4.78, 5) is 11.0. The van der Waals surface area contributed by atoms with Crippen molar-refractivity contribution in [3.8, 4) is 5.75 Å². The molecule has 0 heterocycles. The summed E-state index contributed by atoms with van der Waals surface area (Å²) in [6, 6.07) is 3.16. The van der Waals surface area contributed by atoms with Gasteiger partial charge in [0.15, 0.2) is 0 Å². The number of carbonyl (C=O) groups excluding carboxylic acids is 1. The second-order valence-corrected chi connectivity index (χ2v) is 3.07. The summed E-state index contributed by atoms with van der Waals surface area (Å²) in [6.07, 6.45) is -0.512. The molecule has 1 rings (SSSR count). The van der Waals surface area contributed by atoms with Crippen LogP contribution in [0.15, 0.2) is 12.1 Å². The minimum absolute atomic E-state index is 0.190. The van der Waals surface area contributed by atoms with E-state index >= 15 is 0 Å². The summed E-state index contributed by atoms with van der Waals surface area (Å²) >= 11 is 0. The van der Waals surface area contributed by atoms with Gasteiger partial charge in [-0.25, -0.2) is 4.79 Å². The van der Waals surface area contributed by atoms with Gasteiger partial charge in [-0.3, -0.25) is 5.32 Å². The van der Waals surface area contributed by atoms with Crippen LogP contribution in [0.5, 0.6) is 5.75 Å². The van der Waals surface area contributed by atoms with E-state index in [1.807, 2.05) is 0 Å². The van der Waals surface area contributed by atoms with Crippen LogP contribution in [-0.4, -0.2) is 18.3 Å². The Balaban J connectivity index is 3.02. The van der Waals surface area contributed by atoms with Gasteiger partial charge in [0, 0.05) is 0 Å². The van der Waals surface area contributed by atoms with Gasteiger partial charge in [0.1, 0.15) is 5.75 Å². The van der Waals surface area contributed by atoms with Crippen LogP contribution >= 0.6 is 0 Å². The number of ether oxygens (including phenoxy) is 1. The van der Waals surface area contributed by atoms with Crippen LogP contribution < -0.4 is 5.32 Å². The Kier molecular flexibility index (Phi) is 2.96. The molecule has 0 aliphatic rings. The van der Waals surface area contributed by atoms with E-state index in [0.29, 0.717) is 5.69 Å². The quantitative estimate of drug-likeness (QED) is 0.675. The number of methoxy groups -OCH3 is 1. The lowest BCUT2D eigenvalue weighted by Gasteiger charge is -2.10. The van der Waals surface area contributed by atoms with Crippen LogP contribution in [0.2, 0.25) is 0 Å². The number of hydrogen-bond donors (Lipinski definition) is 2. The highest BCUT2D eigenvalue weighted by Crippen LogP contribution is 2.25. The van der Waals surface area contributed by atoms with E-state index in [4.69, 9.17) is 0 Å². The molecule has 1 amide bonds. The second-order valence-electron chi connectivity index (χ2n) is 3.07. The first-order chi connectivity index (χ1) is 6.54. The van der Waals surface area contributed by atoms with Crippen molar-refractivity contribution < 1.29 is 14.6 Å². The number of anilines is 1. The molecule has 0 atom stereocenters. The maximum atomic E-state index is 11.0. The summed E-state index contributed by atoms with van der Waals surface area (Å²) < 4.78 is 4.48. The van der Waals surface area contributed by atoms with E-state index in [1.54, 1.807) is 26.0 Å². The number of carbonyl (C=O) groups is 1. The van der Waals surface area contributed by atoms with Crippen LogP contribution in [-0.2, 0) is 4.74 Å². The fourth-order valence-electron chi connectivity index (χ4n) is 1.29. The minimum Gasteiger partial charge on any atom is -0.508 e. The highest BCUT2D eigenvalue weighted by Gasteiger charge is 2.07. The number of nitrogens with one attached hydrogen (secondary N) is 1. The first-order valence-corrected chi connectivity index (χ1v) is 4.19. The molecule has 1 aromatic carbocycles. The molecule has 0 aliphatic heterocycles. The number of phenolic OH excluding ortho intramolecular Hbond substituents is 1. The topological polar surface area (TPSA) is 58.6 Å². The molecule has 0 bridgehead atoms. The molecule has 1 aromatic rings. The van der Waals surface area contributed by atoms with Crippen molar-refractivity contribution in [2.24, 2.45) is 0 Å². The predicted molar refractivity (Wildman–Crippen MR) is 53.6 cm³/mol. The van der Waals surface area contributed by atoms with Crippen molar-refractivity contribution in [1.29, 1.82) is 0 Å². The van der Waals surface area contributed by atoms with Crippen molar-refractivity contribution in [3.05, 3.63) is 23.3 Å². The molecular formula is C10H13NO3. The highest BCUT2D eigenvalue weighted by molar-refractivity contribution is 5.86. The fourth-order valence-corrected chi connectivity index (χ4v) is 1.29. The van der Waals surface area contributed by atoms with E-state index in [-0.39, 0.29) is 5.75 Å². The molecule has 0 aromatic heterocycles. The second kappa shape index (κ2) is 4.00.